The normalized spacial score (nSPS) is 27.8. The van der Waals surface area contributed by atoms with Gasteiger partial charge < -0.3 is 5.11 Å². The van der Waals surface area contributed by atoms with Crippen molar-refractivity contribution in [1.82, 2.24) is 4.90 Å². The summed E-state index contributed by atoms with van der Waals surface area (Å²) in [5, 5.41) is 9.29. The molecule has 1 heterocycles. The van der Waals surface area contributed by atoms with Crippen molar-refractivity contribution in [2.75, 3.05) is 0 Å². The van der Waals surface area contributed by atoms with Gasteiger partial charge in [0.1, 0.15) is 6.04 Å². The molecule has 2 amide bonds. The summed E-state index contributed by atoms with van der Waals surface area (Å²) in [4.78, 5) is 36.9. The third kappa shape index (κ3) is 2.41. The van der Waals surface area contributed by atoms with Gasteiger partial charge in [-0.25, -0.2) is 4.79 Å². The zero-order valence-corrected chi connectivity index (χ0v) is 11.2. The predicted octanol–water partition coefficient (Wildman–Crippen LogP) is 1.44. The Kier molecular flexibility index (Phi) is 3.73. The molecule has 0 aromatic carbocycles. The number of amides is 2. The molecule has 0 aromatic heterocycles. The molecule has 104 valence electrons. The summed E-state index contributed by atoms with van der Waals surface area (Å²) in [5.74, 6) is -2.32. The maximum atomic E-state index is 12.3. The number of carboxylic acid groups (broad SMARTS) is 1. The van der Waals surface area contributed by atoms with Crippen LogP contribution >= 0.6 is 0 Å². The number of imide groups is 1. The van der Waals surface area contributed by atoms with Gasteiger partial charge in [-0.3, -0.25) is 14.5 Å². The van der Waals surface area contributed by atoms with Crippen LogP contribution in [-0.2, 0) is 14.4 Å². The first-order valence-electron chi connectivity index (χ1n) is 6.68. The van der Waals surface area contributed by atoms with Gasteiger partial charge in [0.05, 0.1) is 11.8 Å². The van der Waals surface area contributed by atoms with E-state index in [1.165, 1.54) is 0 Å². The molecule has 2 rings (SSSR count). The third-order valence-corrected chi connectivity index (χ3v) is 3.83. The van der Waals surface area contributed by atoms with E-state index in [1.807, 2.05) is 26.0 Å². The summed E-state index contributed by atoms with van der Waals surface area (Å²) in [6, 6.07) is -1.02. The van der Waals surface area contributed by atoms with Crippen LogP contribution in [0.25, 0.3) is 0 Å². The van der Waals surface area contributed by atoms with Crippen molar-refractivity contribution < 1.29 is 19.5 Å². The van der Waals surface area contributed by atoms with Crippen LogP contribution in [0, 0.1) is 17.8 Å². The Hall–Kier alpha value is -1.65. The molecule has 1 aliphatic heterocycles. The van der Waals surface area contributed by atoms with Gasteiger partial charge in [-0.05, 0) is 25.2 Å². The molecule has 1 saturated heterocycles. The van der Waals surface area contributed by atoms with E-state index in [-0.39, 0.29) is 29.6 Å². The number of likely N-dealkylation sites (tertiary alicyclic amines) is 1. The highest BCUT2D eigenvalue weighted by Gasteiger charge is 2.51. The van der Waals surface area contributed by atoms with Crippen molar-refractivity contribution in [3.05, 3.63) is 12.2 Å². The lowest BCUT2D eigenvalue weighted by molar-refractivity contribution is -0.155. The first-order chi connectivity index (χ1) is 8.93. The second kappa shape index (κ2) is 5.15. The van der Waals surface area contributed by atoms with Crippen molar-refractivity contribution in [2.24, 2.45) is 17.8 Å². The number of allylic oxidation sites excluding steroid dienone is 2. The highest BCUT2D eigenvalue weighted by Crippen LogP contribution is 2.36. The van der Waals surface area contributed by atoms with Gasteiger partial charge in [0.15, 0.2) is 0 Å². The molecule has 2 aliphatic rings. The third-order valence-electron chi connectivity index (χ3n) is 3.83. The fourth-order valence-electron chi connectivity index (χ4n) is 2.90. The fraction of sp³-hybridized carbons (Fsp3) is 0.643. The first kappa shape index (κ1) is 13.8. The van der Waals surface area contributed by atoms with Gasteiger partial charge in [0, 0.05) is 0 Å². The standard InChI is InChI=1S/C14H19NO4/c1-8(2)7-11(14(18)19)15-12(16)9-5-3-4-6-10(9)13(15)17/h3-4,8-11H,5-7H2,1-2H3,(H,18,19)/t9-,10-,11+/m0/s1. The van der Waals surface area contributed by atoms with E-state index in [1.54, 1.807) is 0 Å². The topological polar surface area (TPSA) is 74.7 Å². The van der Waals surface area contributed by atoms with Gasteiger partial charge in [-0.1, -0.05) is 26.0 Å². The number of carboxylic acids is 1. The van der Waals surface area contributed by atoms with E-state index in [0.717, 1.165) is 4.90 Å². The molecule has 1 aliphatic carbocycles. The average Bonchev–Trinajstić information content (AvgIpc) is 2.60. The van der Waals surface area contributed by atoms with E-state index in [0.29, 0.717) is 19.3 Å². The summed E-state index contributed by atoms with van der Waals surface area (Å²) in [6.07, 6.45) is 5.18. The van der Waals surface area contributed by atoms with Crippen LogP contribution in [0.3, 0.4) is 0 Å². The number of fused-ring (bicyclic) bond motifs is 1. The van der Waals surface area contributed by atoms with Crippen molar-refractivity contribution >= 4 is 17.8 Å². The second-order valence-corrected chi connectivity index (χ2v) is 5.69. The van der Waals surface area contributed by atoms with Crippen molar-refractivity contribution in [3.8, 4) is 0 Å². The molecule has 0 unspecified atom stereocenters. The van der Waals surface area contributed by atoms with Crippen LogP contribution in [0.1, 0.15) is 33.1 Å². The maximum absolute atomic E-state index is 12.3. The second-order valence-electron chi connectivity index (χ2n) is 5.69. The minimum Gasteiger partial charge on any atom is -0.480 e. The van der Waals surface area contributed by atoms with E-state index in [2.05, 4.69) is 0 Å². The Labute approximate surface area is 112 Å². The number of hydrogen-bond donors (Lipinski definition) is 1. The van der Waals surface area contributed by atoms with Crippen LogP contribution in [0.4, 0.5) is 0 Å². The Morgan fingerprint density at radius 3 is 2.11 bits per heavy atom. The van der Waals surface area contributed by atoms with Crippen molar-refractivity contribution in [3.63, 3.8) is 0 Å². The molecule has 3 atom stereocenters. The molecule has 19 heavy (non-hydrogen) atoms. The van der Waals surface area contributed by atoms with Crippen LogP contribution < -0.4 is 0 Å². The van der Waals surface area contributed by atoms with Gasteiger partial charge in [-0.2, -0.15) is 0 Å². The van der Waals surface area contributed by atoms with E-state index >= 15 is 0 Å². The predicted molar refractivity (Wildman–Crippen MR) is 68.1 cm³/mol. The Morgan fingerprint density at radius 2 is 1.74 bits per heavy atom. The summed E-state index contributed by atoms with van der Waals surface area (Å²) in [6.45, 7) is 3.77. The number of rotatable bonds is 4. The highest BCUT2D eigenvalue weighted by atomic mass is 16.4. The summed E-state index contributed by atoms with van der Waals surface area (Å²) in [5.41, 5.74) is 0. The number of nitrogens with zero attached hydrogens (tertiary/aromatic N) is 1. The Morgan fingerprint density at radius 1 is 1.26 bits per heavy atom. The minimum absolute atomic E-state index is 0.113. The monoisotopic (exact) mass is 265 g/mol. The number of carbonyl (C=O) groups excluding carboxylic acids is 2. The van der Waals surface area contributed by atoms with E-state index in [9.17, 15) is 19.5 Å². The zero-order chi connectivity index (χ0) is 14.2. The molecule has 1 fully saturated rings. The van der Waals surface area contributed by atoms with Crippen LogP contribution in [0.2, 0.25) is 0 Å². The van der Waals surface area contributed by atoms with Crippen LogP contribution in [-0.4, -0.2) is 33.8 Å². The number of aliphatic carboxylic acids is 1. The molecule has 0 bridgehead atoms. The number of hydrogen-bond acceptors (Lipinski definition) is 3. The average molecular weight is 265 g/mol. The largest absolute Gasteiger partial charge is 0.480 e. The van der Waals surface area contributed by atoms with Gasteiger partial charge >= 0.3 is 5.97 Å². The SMILES string of the molecule is CC(C)C[C@H](C(=O)O)N1C(=O)[C@H]2CC=CC[C@@H]2C1=O. The summed E-state index contributed by atoms with van der Waals surface area (Å²) in [7, 11) is 0. The zero-order valence-electron chi connectivity index (χ0n) is 11.2. The minimum atomic E-state index is -1.10. The van der Waals surface area contributed by atoms with E-state index < -0.39 is 12.0 Å². The fourth-order valence-corrected chi connectivity index (χ4v) is 2.90. The van der Waals surface area contributed by atoms with Gasteiger partial charge in [0.2, 0.25) is 11.8 Å². The Bertz CT molecular complexity index is 415. The molecule has 5 heteroatoms. The Balaban J connectivity index is 2.26. The molecule has 0 saturated carbocycles. The highest BCUT2D eigenvalue weighted by molar-refractivity contribution is 6.07. The lowest BCUT2D eigenvalue weighted by Crippen LogP contribution is -2.46. The lowest BCUT2D eigenvalue weighted by Gasteiger charge is -2.24. The maximum Gasteiger partial charge on any atom is 0.326 e. The summed E-state index contributed by atoms with van der Waals surface area (Å²) >= 11 is 0. The molecular weight excluding hydrogens is 246 g/mol. The number of carbonyl (C=O) groups is 3. The smallest absolute Gasteiger partial charge is 0.326 e. The van der Waals surface area contributed by atoms with Crippen molar-refractivity contribution in [2.45, 2.75) is 39.2 Å². The van der Waals surface area contributed by atoms with Crippen molar-refractivity contribution in [1.29, 1.82) is 0 Å². The molecular formula is C14H19NO4. The molecule has 1 N–H and O–H groups in total. The quantitative estimate of drug-likeness (QED) is 0.616. The molecule has 0 spiro atoms. The first-order valence-corrected chi connectivity index (χ1v) is 6.68. The molecule has 0 radical (unpaired) electrons. The van der Waals surface area contributed by atoms with Crippen LogP contribution in [0.15, 0.2) is 12.2 Å². The summed E-state index contributed by atoms with van der Waals surface area (Å²) < 4.78 is 0. The van der Waals surface area contributed by atoms with Crippen LogP contribution in [0.5, 0.6) is 0 Å². The van der Waals surface area contributed by atoms with Gasteiger partial charge in [-0.15, -0.1) is 0 Å². The molecule has 0 aromatic rings. The molecule has 5 nitrogen and oxygen atoms in total. The van der Waals surface area contributed by atoms with Gasteiger partial charge in [0.25, 0.3) is 0 Å². The lowest BCUT2D eigenvalue weighted by atomic mass is 9.85. The van der Waals surface area contributed by atoms with E-state index in [4.69, 9.17) is 0 Å².